The van der Waals surface area contributed by atoms with Gasteiger partial charge in [0.25, 0.3) is 11.5 Å². The van der Waals surface area contributed by atoms with E-state index >= 15 is 0 Å². The first-order valence-corrected chi connectivity index (χ1v) is 9.73. The molecule has 1 atom stereocenters. The fourth-order valence-corrected chi connectivity index (χ4v) is 4.64. The van der Waals surface area contributed by atoms with Crippen molar-refractivity contribution in [3.05, 3.63) is 56.6 Å². The van der Waals surface area contributed by atoms with Crippen LogP contribution in [-0.2, 0) is 13.6 Å². The number of amides is 1. The number of rotatable bonds is 4. The van der Waals surface area contributed by atoms with E-state index in [1.807, 2.05) is 10.3 Å². The van der Waals surface area contributed by atoms with E-state index in [9.17, 15) is 9.59 Å². The lowest BCUT2D eigenvalue weighted by atomic mass is 9.93. The molecule has 1 saturated carbocycles. The van der Waals surface area contributed by atoms with E-state index in [2.05, 4.69) is 16.8 Å². The van der Waals surface area contributed by atoms with Crippen molar-refractivity contribution in [3.63, 3.8) is 0 Å². The number of hydrogen-bond acceptors (Lipinski definition) is 4. The van der Waals surface area contributed by atoms with Crippen molar-refractivity contribution in [3.8, 4) is 0 Å². The minimum Gasteiger partial charge on any atom is -0.331 e. The highest BCUT2D eigenvalue weighted by Crippen LogP contribution is 2.56. The van der Waals surface area contributed by atoms with Gasteiger partial charge in [0.1, 0.15) is 0 Å². The van der Waals surface area contributed by atoms with Gasteiger partial charge in [-0.2, -0.15) is 11.3 Å². The van der Waals surface area contributed by atoms with Crippen molar-refractivity contribution < 1.29 is 4.79 Å². The maximum atomic E-state index is 13.2. The Morgan fingerprint density at radius 1 is 1.40 bits per heavy atom. The molecule has 132 valence electrons. The second kappa shape index (κ2) is 6.42. The summed E-state index contributed by atoms with van der Waals surface area (Å²) < 4.78 is 1.49. The van der Waals surface area contributed by atoms with Crippen LogP contribution in [0.25, 0.3) is 0 Å². The third-order valence-electron chi connectivity index (χ3n) is 5.67. The average molecular weight is 357 g/mol. The monoisotopic (exact) mass is 357 g/mol. The first kappa shape index (κ1) is 16.5. The molecule has 1 saturated heterocycles. The number of nitrogens with zero attached hydrogens (tertiary/aromatic N) is 2. The fourth-order valence-electron chi connectivity index (χ4n) is 3.98. The summed E-state index contributed by atoms with van der Waals surface area (Å²) in [6, 6.07) is 5.57. The molecule has 1 N–H and O–H groups in total. The maximum absolute atomic E-state index is 13.2. The van der Waals surface area contributed by atoms with Gasteiger partial charge in [-0.3, -0.25) is 9.59 Å². The molecule has 2 aromatic rings. The lowest BCUT2D eigenvalue weighted by Crippen LogP contribution is -2.39. The van der Waals surface area contributed by atoms with E-state index in [4.69, 9.17) is 0 Å². The Morgan fingerprint density at radius 3 is 2.88 bits per heavy atom. The van der Waals surface area contributed by atoms with Crippen molar-refractivity contribution in [1.29, 1.82) is 0 Å². The Morgan fingerprint density at radius 2 is 2.20 bits per heavy atom. The third-order valence-corrected chi connectivity index (χ3v) is 6.40. The standard InChI is InChI=1S/C19H23N3O2S/c1-21-8-2-15(10-17(21)23)18(24)22(12-14-3-9-25-13-14)16-11-19(16)4-6-20-7-5-19/h2-3,8-10,13,16,20H,4-7,11-12H2,1H3. The van der Waals surface area contributed by atoms with Crippen molar-refractivity contribution >= 4 is 17.2 Å². The normalized spacial score (nSPS) is 21.2. The Kier molecular flexibility index (Phi) is 4.25. The van der Waals surface area contributed by atoms with E-state index in [-0.39, 0.29) is 22.9 Å². The molecule has 1 unspecified atom stereocenters. The van der Waals surface area contributed by atoms with Gasteiger partial charge in [-0.1, -0.05) is 0 Å². The molecule has 0 bridgehead atoms. The fraction of sp³-hybridized carbons (Fsp3) is 0.474. The molecule has 4 rings (SSSR count). The van der Waals surface area contributed by atoms with Crippen LogP contribution in [0.3, 0.4) is 0 Å². The molecular formula is C19H23N3O2S. The summed E-state index contributed by atoms with van der Waals surface area (Å²) in [5.74, 6) is -0.0238. The summed E-state index contributed by atoms with van der Waals surface area (Å²) in [7, 11) is 1.70. The van der Waals surface area contributed by atoms with Gasteiger partial charge in [0.2, 0.25) is 0 Å². The van der Waals surface area contributed by atoms with Crippen LogP contribution in [0.15, 0.2) is 40.0 Å². The number of carbonyl (C=O) groups excluding carboxylic acids is 1. The van der Waals surface area contributed by atoms with Crippen molar-refractivity contribution in [2.75, 3.05) is 13.1 Å². The van der Waals surface area contributed by atoms with Gasteiger partial charge in [0.05, 0.1) is 0 Å². The highest BCUT2D eigenvalue weighted by atomic mass is 32.1. The molecule has 0 aromatic carbocycles. The molecule has 25 heavy (non-hydrogen) atoms. The zero-order chi connectivity index (χ0) is 17.4. The van der Waals surface area contributed by atoms with E-state index in [1.165, 1.54) is 10.6 Å². The maximum Gasteiger partial charge on any atom is 0.254 e. The van der Waals surface area contributed by atoms with E-state index in [1.54, 1.807) is 30.6 Å². The smallest absolute Gasteiger partial charge is 0.254 e. The predicted molar refractivity (Wildman–Crippen MR) is 98.8 cm³/mol. The summed E-state index contributed by atoms with van der Waals surface area (Å²) in [5, 5.41) is 7.56. The SMILES string of the molecule is Cn1ccc(C(=O)N(Cc2ccsc2)C2CC23CCNCC3)cc1=O. The number of nitrogens with one attached hydrogen (secondary N) is 1. The molecule has 2 aromatic heterocycles. The Bertz CT molecular complexity index is 821. The summed E-state index contributed by atoms with van der Waals surface area (Å²) in [4.78, 5) is 27.2. The third kappa shape index (κ3) is 3.16. The van der Waals surface area contributed by atoms with Crippen LogP contribution in [0.2, 0.25) is 0 Å². The molecular weight excluding hydrogens is 334 g/mol. The van der Waals surface area contributed by atoms with E-state index < -0.39 is 0 Å². The highest BCUT2D eigenvalue weighted by molar-refractivity contribution is 7.07. The number of carbonyl (C=O) groups is 1. The summed E-state index contributed by atoms with van der Waals surface area (Å²) in [5.41, 5.74) is 1.79. The average Bonchev–Trinajstić information content (AvgIpc) is 3.06. The van der Waals surface area contributed by atoms with Crippen LogP contribution >= 0.6 is 11.3 Å². The molecule has 1 aliphatic carbocycles. The Hall–Kier alpha value is -1.92. The van der Waals surface area contributed by atoms with Gasteiger partial charge in [-0.25, -0.2) is 0 Å². The minimum atomic E-state index is -0.145. The van der Waals surface area contributed by atoms with E-state index in [0.717, 1.165) is 37.9 Å². The van der Waals surface area contributed by atoms with Crippen LogP contribution in [-0.4, -0.2) is 34.5 Å². The first-order valence-electron chi connectivity index (χ1n) is 8.78. The Balaban J connectivity index is 1.62. The molecule has 1 spiro atoms. The number of pyridine rings is 1. The van der Waals surface area contributed by atoms with Crippen LogP contribution in [0.1, 0.15) is 35.2 Å². The second-order valence-corrected chi connectivity index (χ2v) is 8.04. The number of hydrogen-bond donors (Lipinski definition) is 1. The number of aromatic nitrogens is 1. The molecule has 5 nitrogen and oxygen atoms in total. The lowest BCUT2D eigenvalue weighted by molar-refractivity contribution is 0.0692. The van der Waals surface area contributed by atoms with Crippen LogP contribution < -0.4 is 10.9 Å². The molecule has 1 aliphatic heterocycles. The van der Waals surface area contributed by atoms with Gasteiger partial charge in [0.15, 0.2) is 0 Å². The number of aryl methyl sites for hydroxylation is 1. The first-order chi connectivity index (χ1) is 12.1. The molecule has 1 amide bonds. The van der Waals surface area contributed by atoms with Gasteiger partial charge < -0.3 is 14.8 Å². The predicted octanol–water partition coefficient (Wildman–Crippen LogP) is 2.23. The van der Waals surface area contributed by atoms with E-state index in [0.29, 0.717) is 12.1 Å². The van der Waals surface area contributed by atoms with Gasteiger partial charge >= 0.3 is 0 Å². The molecule has 2 aliphatic rings. The zero-order valence-electron chi connectivity index (χ0n) is 14.4. The quantitative estimate of drug-likeness (QED) is 0.913. The minimum absolute atomic E-state index is 0.0238. The molecule has 3 heterocycles. The number of piperidine rings is 1. The molecule has 2 fully saturated rings. The van der Waals surface area contributed by atoms with Gasteiger partial charge in [0, 0.05) is 37.5 Å². The summed E-state index contributed by atoms with van der Waals surface area (Å²) >= 11 is 1.65. The highest BCUT2D eigenvalue weighted by Gasteiger charge is 2.57. The van der Waals surface area contributed by atoms with Crippen LogP contribution in [0.4, 0.5) is 0 Å². The van der Waals surface area contributed by atoms with Crippen molar-refractivity contribution in [2.45, 2.75) is 31.8 Å². The second-order valence-electron chi connectivity index (χ2n) is 7.26. The van der Waals surface area contributed by atoms with Crippen LogP contribution in [0, 0.1) is 5.41 Å². The van der Waals surface area contributed by atoms with Crippen molar-refractivity contribution in [1.82, 2.24) is 14.8 Å². The summed E-state index contributed by atoms with van der Waals surface area (Å²) in [6.07, 6.45) is 5.00. The van der Waals surface area contributed by atoms with Crippen LogP contribution in [0.5, 0.6) is 0 Å². The number of thiophene rings is 1. The zero-order valence-corrected chi connectivity index (χ0v) is 15.2. The summed E-state index contributed by atoms with van der Waals surface area (Å²) in [6.45, 7) is 2.68. The Labute approximate surface area is 151 Å². The molecule has 6 heteroatoms. The van der Waals surface area contributed by atoms with Gasteiger partial charge in [-0.05, 0) is 66.2 Å². The molecule has 0 radical (unpaired) electrons. The largest absolute Gasteiger partial charge is 0.331 e. The van der Waals surface area contributed by atoms with Crippen molar-refractivity contribution in [2.24, 2.45) is 12.5 Å². The van der Waals surface area contributed by atoms with Gasteiger partial charge in [-0.15, -0.1) is 0 Å². The topological polar surface area (TPSA) is 54.3 Å². The lowest BCUT2D eigenvalue weighted by Gasteiger charge is -2.29.